The highest BCUT2D eigenvalue weighted by Gasteiger charge is 2.52. The van der Waals surface area contributed by atoms with E-state index in [0.29, 0.717) is 6.10 Å². The third kappa shape index (κ3) is 2.56. The molecule has 1 heterocycles. The van der Waals surface area contributed by atoms with Crippen molar-refractivity contribution in [3.05, 3.63) is 0 Å². The minimum absolute atomic E-state index is 0.539. The number of ether oxygens (including phenoxy) is 1. The number of rotatable bonds is 3. The average molecular weight is 297 g/mol. The highest BCUT2D eigenvalue weighted by molar-refractivity contribution is 8.00. The van der Waals surface area contributed by atoms with Gasteiger partial charge in [-0.05, 0) is 55.3 Å². The van der Waals surface area contributed by atoms with Crippen LogP contribution in [-0.4, -0.2) is 23.2 Å². The molecule has 3 rings (SSSR count). The Labute approximate surface area is 129 Å². The monoisotopic (exact) mass is 296 g/mol. The molecule has 2 aliphatic carbocycles. The van der Waals surface area contributed by atoms with Crippen LogP contribution in [-0.2, 0) is 4.74 Å². The second kappa shape index (κ2) is 6.20. The van der Waals surface area contributed by atoms with Crippen molar-refractivity contribution >= 4 is 11.8 Å². The van der Waals surface area contributed by atoms with E-state index in [9.17, 15) is 0 Å². The smallest absolute Gasteiger partial charge is 0.0611 e. The van der Waals surface area contributed by atoms with E-state index < -0.39 is 0 Å². The molecule has 20 heavy (non-hydrogen) atoms. The van der Waals surface area contributed by atoms with Crippen LogP contribution in [0.15, 0.2) is 0 Å². The second-order valence-corrected chi connectivity index (χ2v) is 9.01. The lowest BCUT2D eigenvalue weighted by molar-refractivity contribution is -0.0202. The van der Waals surface area contributed by atoms with Crippen molar-refractivity contribution in [2.75, 3.05) is 6.61 Å². The highest BCUT2D eigenvalue weighted by Crippen LogP contribution is 2.58. The van der Waals surface area contributed by atoms with Crippen molar-refractivity contribution in [2.45, 2.75) is 76.4 Å². The van der Waals surface area contributed by atoms with Gasteiger partial charge in [0.05, 0.1) is 6.10 Å². The van der Waals surface area contributed by atoms with E-state index in [1.807, 2.05) is 0 Å². The summed E-state index contributed by atoms with van der Waals surface area (Å²) in [7, 11) is 0. The van der Waals surface area contributed by atoms with Gasteiger partial charge in [-0.3, -0.25) is 0 Å². The molecule has 3 fully saturated rings. The van der Waals surface area contributed by atoms with E-state index in [4.69, 9.17) is 4.74 Å². The molecule has 8 atom stereocenters. The normalized spacial score (nSPS) is 51.6. The van der Waals surface area contributed by atoms with Crippen molar-refractivity contribution in [2.24, 2.45) is 29.6 Å². The first kappa shape index (κ1) is 15.2. The van der Waals surface area contributed by atoms with E-state index in [2.05, 4.69) is 39.5 Å². The van der Waals surface area contributed by atoms with Gasteiger partial charge in [0.1, 0.15) is 0 Å². The van der Waals surface area contributed by atoms with Gasteiger partial charge in [0, 0.05) is 17.1 Å². The first-order chi connectivity index (χ1) is 9.63. The van der Waals surface area contributed by atoms with Crippen LogP contribution in [0.2, 0.25) is 0 Å². The van der Waals surface area contributed by atoms with Crippen LogP contribution in [0.25, 0.3) is 0 Å². The predicted molar refractivity (Wildman–Crippen MR) is 88.1 cm³/mol. The lowest BCUT2D eigenvalue weighted by Gasteiger charge is -2.40. The lowest BCUT2D eigenvalue weighted by Crippen LogP contribution is -2.40. The van der Waals surface area contributed by atoms with Crippen LogP contribution in [0, 0.1) is 29.6 Å². The summed E-state index contributed by atoms with van der Waals surface area (Å²) in [6.45, 7) is 10.6. The molecule has 0 spiro atoms. The van der Waals surface area contributed by atoms with Crippen molar-refractivity contribution in [1.29, 1.82) is 0 Å². The van der Waals surface area contributed by atoms with Gasteiger partial charge in [-0.2, -0.15) is 11.8 Å². The zero-order valence-electron chi connectivity index (χ0n) is 13.7. The summed E-state index contributed by atoms with van der Waals surface area (Å²) in [6, 6.07) is 0. The van der Waals surface area contributed by atoms with Crippen LogP contribution < -0.4 is 0 Å². The van der Waals surface area contributed by atoms with Gasteiger partial charge in [-0.25, -0.2) is 0 Å². The Morgan fingerprint density at radius 2 is 1.55 bits per heavy atom. The van der Waals surface area contributed by atoms with E-state index >= 15 is 0 Å². The summed E-state index contributed by atoms with van der Waals surface area (Å²) in [5.74, 6) is 4.64. The molecule has 1 nitrogen and oxygen atoms in total. The minimum Gasteiger partial charge on any atom is -0.378 e. The quantitative estimate of drug-likeness (QED) is 0.725. The van der Waals surface area contributed by atoms with Gasteiger partial charge >= 0.3 is 0 Å². The summed E-state index contributed by atoms with van der Waals surface area (Å²) >= 11 is 2.36. The number of hydrogen-bond acceptors (Lipinski definition) is 2. The topological polar surface area (TPSA) is 9.23 Å². The fourth-order valence-electron chi connectivity index (χ4n) is 5.03. The molecule has 0 amide bonds. The zero-order valence-corrected chi connectivity index (χ0v) is 14.5. The van der Waals surface area contributed by atoms with Crippen molar-refractivity contribution < 1.29 is 4.74 Å². The lowest BCUT2D eigenvalue weighted by atomic mass is 9.66. The molecular weight excluding hydrogens is 264 g/mol. The Hall–Kier alpha value is 0.310. The highest BCUT2D eigenvalue weighted by atomic mass is 32.2. The van der Waals surface area contributed by atoms with E-state index in [1.165, 1.54) is 25.7 Å². The van der Waals surface area contributed by atoms with Gasteiger partial charge in [0.15, 0.2) is 0 Å². The first-order valence-electron chi connectivity index (χ1n) is 8.90. The maximum atomic E-state index is 6.14. The third-order valence-corrected chi connectivity index (χ3v) is 8.69. The Morgan fingerprint density at radius 1 is 0.900 bits per heavy atom. The van der Waals surface area contributed by atoms with E-state index in [0.717, 1.165) is 53.1 Å². The fourth-order valence-corrected chi connectivity index (χ4v) is 7.41. The van der Waals surface area contributed by atoms with Crippen LogP contribution in [0.3, 0.4) is 0 Å². The largest absolute Gasteiger partial charge is 0.378 e. The molecule has 0 bridgehead atoms. The molecule has 116 valence electrons. The van der Waals surface area contributed by atoms with Crippen molar-refractivity contribution in [3.63, 3.8) is 0 Å². The second-order valence-electron chi connectivity index (χ2n) is 7.65. The van der Waals surface area contributed by atoms with Crippen LogP contribution >= 0.6 is 11.8 Å². The van der Waals surface area contributed by atoms with E-state index in [1.54, 1.807) is 0 Å². The molecule has 2 heteroatoms. The zero-order chi connectivity index (χ0) is 14.3. The summed E-state index contributed by atoms with van der Waals surface area (Å²) in [6.07, 6.45) is 7.41. The molecule has 0 aromatic carbocycles. The number of thioether (sulfide) groups is 1. The maximum absolute atomic E-state index is 6.14. The fraction of sp³-hybridized carbons (Fsp3) is 1.00. The molecular formula is C18H32OS. The summed E-state index contributed by atoms with van der Waals surface area (Å²) < 4.78 is 6.14. The maximum Gasteiger partial charge on any atom is 0.0611 e. The molecule has 3 aliphatic rings. The first-order valence-corrected chi connectivity index (χ1v) is 9.84. The Bertz CT molecular complexity index is 331. The molecule has 1 saturated heterocycles. The minimum atomic E-state index is 0.539. The third-order valence-electron chi connectivity index (χ3n) is 6.50. The van der Waals surface area contributed by atoms with Gasteiger partial charge in [0.25, 0.3) is 0 Å². The Morgan fingerprint density at radius 3 is 2.25 bits per heavy atom. The molecule has 1 aliphatic heterocycles. The van der Waals surface area contributed by atoms with Crippen LogP contribution in [0.4, 0.5) is 0 Å². The number of hydrogen-bond donors (Lipinski definition) is 0. The Kier molecular flexibility index (Phi) is 4.72. The van der Waals surface area contributed by atoms with Crippen molar-refractivity contribution in [1.82, 2.24) is 0 Å². The Balaban J connectivity index is 1.69. The molecule has 0 radical (unpaired) electrons. The molecule has 0 aromatic rings. The summed E-state index contributed by atoms with van der Waals surface area (Å²) in [4.78, 5) is 0. The molecule has 0 N–H and O–H groups in total. The standard InChI is InChI=1S/C18H32OS/c1-5-10-19-16-9-8-15-14-7-6-11(2)12(3)17(14)20-18(15)13(16)4/h11-18H,5-10H2,1-4H3. The average Bonchev–Trinajstić information content (AvgIpc) is 2.83. The SMILES string of the molecule is CCCOC1CCC2C3CCC(C)C(C)C3SC2C1C. The van der Waals surface area contributed by atoms with Gasteiger partial charge in [-0.15, -0.1) is 0 Å². The van der Waals surface area contributed by atoms with Gasteiger partial charge in [-0.1, -0.05) is 34.1 Å². The molecule has 2 saturated carbocycles. The van der Waals surface area contributed by atoms with Crippen LogP contribution in [0.1, 0.15) is 59.8 Å². The van der Waals surface area contributed by atoms with E-state index in [-0.39, 0.29) is 0 Å². The van der Waals surface area contributed by atoms with Crippen molar-refractivity contribution in [3.8, 4) is 0 Å². The summed E-state index contributed by atoms with van der Waals surface area (Å²) in [5.41, 5.74) is 0. The molecule has 8 unspecified atom stereocenters. The predicted octanol–water partition coefficient (Wildman–Crippen LogP) is 4.99. The number of fused-ring (bicyclic) bond motifs is 3. The summed E-state index contributed by atoms with van der Waals surface area (Å²) in [5, 5.41) is 1.83. The van der Waals surface area contributed by atoms with Gasteiger partial charge < -0.3 is 4.74 Å². The molecule has 0 aromatic heterocycles. The van der Waals surface area contributed by atoms with Gasteiger partial charge in [0.2, 0.25) is 0 Å². The van der Waals surface area contributed by atoms with Crippen LogP contribution in [0.5, 0.6) is 0 Å².